The predicted molar refractivity (Wildman–Crippen MR) is 140 cm³/mol. The van der Waals surface area contributed by atoms with E-state index in [4.69, 9.17) is 15.2 Å². The van der Waals surface area contributed by atoms with Gasteiger partial charge in [-0.25, -0.2) is 0 Å². The van der Waals surface area contributed by atoms with Crippen molar-refractivity contribution < 1.29 is 14.3 Å². The van der Waals surface area contributed by atoms with Gasteiger partial charge in [-0.1, -0.05) is 31.2 Å². The van der Waals surface area contributed by atoms with E-state index in [1.807, 2.05) is 24.3 Å². The van der Waals surface area contributed by atoms with Gasteiger partial charge in [0.15, 0.2) is 12.6 Å². The molecule has 1 amide bonds. The van der Waals surface area contributed by atoms with Gasteiger partial charge in [0.2, 0.25) is 0 Å². The molecule has 0 heterocycles. The van der Waals surface area contributed by atoms with Gasteiger partial charge in [-0.3, -0.25) is 9.79 Å². The number of halogens is 1. The number of rotatable bonds is 11. The number of benzene rings is 2. The van der Waals surface area contributed by atoms with E-state index in [9.17, 15) is 4.79 Å². The number of hydrogen-bond donors (Lipinski definition) is 3. The van der Waals surface area contributed by atoms with Gasteiger partial charge in [0.25, 0.3) is 5.91 Å². The fourth-order valence-electron chi connectivity index (χ4n) is 2.85. The third kappa shape index (κ3) is 9.76. The zero-order valence-corrected chi connectivity index (χ0v) is 21.6. The number of aliphatic imine (C=N–C) groups is 1. The molecule has 176 valence electrons. The predicted octanol–water partition coefficient (Wildman–Crippen LogP) is 3.56. The smallest absolute Gasteiger partial charge is 0.255 e. The summed E-state index contributed by atoms with van der Waals surface area (Å²) in [6.07, 6.45) is 1.96. The zero-order chi connectivity index (χ0) is 22.6. The summed E-state index contributed by atoms with van der Waals surface area (Å²) in [6, 6.07) is 13.9. The largest absolute Gasteiger partial charge is 0.490 e. The Morgan fingerprint density at radius 2 is 1.88 bits per heavy atom. The van der Waals surface area contributed by atoms with Crippen LogP contribution >= 0.6 is 24.0 Å². The lowest BCUT2D eigenvalue weighted by Crippen LogP contribution is -2.38. The molecule has 0 saturated carbocycles. The van der Waals surface area contributed by atoms with Gasteiger partial charge in [0.1, 0.15) is 11.5 Å². The Morgan fingerprint density at radius 1 is 1.16 bits per heavy atom. The fraction of sp³-hybridized carbons (Fsp3) is 0.417. The minimum absolute atomic E-state index is 0. The van der Waals surface area contributed by atoms with E-state index in [0.29, 0.717) is 12.3 Å². The summed E-state index contributed by atoms with van der Waals surface area (Å²) < 4.78 is 11.4. The topological polar surface area (TPSA) is 98.0 Å². The number of carbonyl (C=O) groups excluding carboxylic acids is 1. The van der Waals surface area contributed by atoms with Crippen LogP contribution in [-0.4, -0.2) is 38.2 Å². The van der Waals surface area contributed by atoms with Gasteiger partial charge in [-0.2, -0.15) is 0 Å². The van der Waals surface area contributed by atoms with Crippen LogP contribution in [0.15, 0.2) is 47.5 Å². The molecule has 2 rings (SSSR count). The van der Waals surface area contributed by atoms with Gasteiger partial charge >= 0.3 is 0 Å². The Morgan fingerprint density at radius 3 is 2.50 bits per heavy atom. The Hall–Kier alpha value is -2.49. The average Bonchev–Trinajstić information content (AvgIpc) is 2.76. The highest BCUT2D eigenvalue weighted by Crippen LogP contribution is 2.22. The lowest BCUT2D eigenvalue weighted by Gasteiger charge is -2.18. The summed E-state index contributed by atoms with van der Waals surface area (Å²) in [6.45, 7) is 7.50. The fourth-order valence-corrected chi connectivity index (χ4v) is 2.85. The number of guanidine groups is 1. The van der Waals surface area contributed by atoms with Crippen molar-refractivity contribution in [3.63, 3.8) is 0 Å². The molecule has 0 fully saturated rings. The minimum atomic E-state index is -0.489. The summed E-state index contributed by atoms with van der Waals surface area (Å²) in [7, 11) is 1.76. The second kappa shape index (κ2) is 14.5. The minimum Gasteiger partial charge on any atom is -0.490 e. The normalized spacial score (nSPS) is 11.8. The molecule has 1 unspecified atom stereocenters. The highest BCUT2D eigenvalue weighted by Gasteiger charge is 2.09. The lowest BCUT2D eigenvalue weighted by molar-refractivity contribution is -0.119. The molecule has 0 aliphatic rings. The van der Waals surface area contributed by atoms with Crippen molar-refractivity contribution in [2.24, 2.45) is 10.7 Å². The van der Waals surface area contributed by atoms with Crippen LogP contribution in [0.4, 0.5) is 0 Å². The standard InChI is InChI=1S/C24H34N4O3.HI/c1-5-18(3)31-22-14-17(2)6-9-20(22)15-28-24(26-4)27-13-12-19-7-10-21(11-8-19)30-16-23(25)29;/h6-11,14,18H,5,12-13,15-16H2,1-4H3,(H2,25,29)(H2,26,27,28);1H. The zero-order valence-electron chi connectivity index (χ0n) is 19.3. The van der Waals surface area contributed by atoms with E-state index in [0.717, 1.165) is 42.2 Å². The molecular formula is C24H35IN4O3. The molecule has 8 heteroatoms. The summed E-state index contributed by atoms with van der Waals surface area (Å²) >= 11 is 0. The van der Waals surface area contributed by atoms with Gasteiger partial charge in [0, 0.05) is 25.7 Å². The van der Waals surface area contributed by atoms with E-state index in [-0.39, 0.29) is 36.7 Å². The molecule has 0 radical (unpaired) electrons. The molecule has 0 spiro atoms. The van der Waals surface area contributed by atoms with Crippen molar-refractivity contribution in [3.05, 3.63) is 59.2 Å². The second-order valence-corrected chi connectivity index (χ2v) is 7.45. The van der Waals surface area contributed by atoms with Crippen molar-refractivity contribution >= 4 is 35.8 Å². The number of ether oxygens (including phenoxy) is 2. The summed E-state index contributed by atoms with van der Waals surface area (Å²) in [4.78, 5) is 15.1. The first-order valence-corrected chi connectivity index (χ1v) is 10.6. The van der Waals surface area contributed by atoms with E-state index in [1.165, 1.54) is 5.56 Å². The summed E-state index contributed by atoms with van der Waals surface area (Å²) in [5.74, 6) is 1.78. The van der Waals surface area contributed by atoms with Crippen LogP contribution in [0.1, 0.15) is 37.0 Å². The number of nitrogens with one attached hydrogen (secondary N) is 2. The maximum Gasteiger partial charge on any atom is 0.255 e. The lowest BCUT2D eigenvalue weighted by atomic mass is 10.1. The van der Waals surface area contributed by atoms with Crippen molar-refractivity contribution in [2.75, 3.05) is 20.2 Å². The molecule has 2 aromatic carbocycles. The van der Waals surface area contributed by atoms with Crippen molar-refractivity contribution in [3.8, 4) is 11.5 Å². The number of nitrogens with zero attached hydrogens (tertiary/aromatic N) is 1. The monoisotopic (exact) mass is 554 g/mol. The van der Waals surface area contributed by atoms with Crippen LogP contribution in [0.5, 0.6) is 11.5 Å². The van der Waals surface area contributed by atoms with Crippen LogP contribution in [0.2, 0.25) is 0 Å². The van der Waals surface area contributed by atoms with Gasteiger partial charge < -0.3 is 25.8 Å². The molecular weight excluding hydrogens is 519 g/mol. The number of aryl methyl sites for hydroxylation is 1. The van der Waals surface area contributed by atoms with Gasteiger partial charge in [-0.05, 0) is 56.0 Å². The van der Waals surface area contributed by atoms with E-state index in [2.05, 4.69) is 54.6 Å². The van der Waals surface area contributed by atoms with Crippen LogP contribution in [-0.2, 0) is 17.8 Å². The maximum atomic E-state index is 10.8. The SMILES string of the molecule is CCC(C)Oc1cc(C)ccc1CNC(=NC)NCCc1ccc(OCC(N)=O)cc1.I. The molecule has 32 heavy (non-hydrogen) atoms. The Bertz CT molecular complexity index is 872. The molecule has 7 nitrogen and oxygen atoms in total. The van der Waals surface area contributed by atoms with Gasteiger partial charge in [-0.15, -0.1) is 24.0 Å². The van der Waals surface area contributed by atoms with E-state index < -0.39 is 5.91 Å². The number of hydrogen-bond acceptors (Lipinski definition) is 4. The first-order valence-electron chi connectivity index (χ1n) is 10.6. The molecule has 4 N–H and O–H groups in total. The van der Waals surface area contributed by atoms with E-state index >= 15 is 0 Å². The van der Waals surface area contributed by atoms with Crippen LogP contribution in [0.25, 0.3) is 0 Å². The van der Waals surface area contributed by atoms with Crippen molar-refractivity contribution in [1.82, 2.24) is 10.6 Å². The number of carbonyl (C=O) groups is 1. The Kier molecular flexibility index (Phi) is 12.5. The van der Waals surface area contributed by atoms with E-state index in [1.54, 1.807) is 7.05 Å². The first kappa shape index (κ1) is 27.5. The average molecular weight is 554 g/mol. The Balaban J connectivity index is 0.00000512. The summed E-state index contributed by atoms with van der Waals surface area (Å²) in [5.41, 5.74) is 8.51. The van der Waals surface area contributed by atoms with Crippen LogP contribution in [0.3, 0.4) is 0 Å². The highest BCUT2D eigenvalue weighted by molar-refractivity contribution is 14.0. The first-order chi connectivity index (χ1) is 14.9. The highest BCUT2D eigenvalue weighted by atomic mass is 127. The Labute approximate surface area is 208 Å². The third-order valence-electron chi connectivity index (χ3n) is 4.81. The third-order valence-corrected chi connectivity index (χ3v) is 4.81. The molecule has 0 aliphatic heterocycles. The van der Waals surface area contributed by atoms with Crippen molar-refractivity contribution in [2.45, 2.75) is 46.3 Å². The van der Waals surface area contributed by atoms with Gasteiger partial charge in [0.05, 0.1) is 6.10 Å². The second-order valence-electron chi connectivity index (χ2n) is 7.45. The van der Waals surface area contributed by atoms with Crippen LogP contribution in [0, 0.1) is 6.92 Å². The molecule has 0 aromatic heterocycles. The molecule has 1 atom stereocenters. The maximum absolute atomic E-state index is 10.8. The van der Waals surface area contributed by atoms with Crippen LogP contribution < -0.4 is 25.8 Å². The number of amides is 1. The number of primary amides is 1. The molecule has 0 aliphatic carbocycles. The quantitative estimate of drug-likeness (QED) is 0.224. The summed E-state index contributed by atoms with van der Waals surface area (Å²) in [5, 5.41) is 6.69. The molecule has 0 saturated heterocycles. The molecule has 2 aromatic rings. The number of nitrogens with two attached hydrogens (primary N) is 1. The van der Waals surface area contributed by atoms with Crippen molar-refractivity contribution in [1.29, 1.82) is 0 Å². The molecule has 0 bridgehead atoms.